The lowest BCUT2D eigenvalue weighted by Gasteiger charge is -2.16. The summed E-state index contributed by atoms with van der Waals surface area (Å²) in [4.78, 5) is 38.0. The zero-order valence-electron chi connectivity index (χ0n) is 18.0. The van der Waals surface area contributed by atoms with Crippen LogP contribution in [0.5, 0.6) is 11.5 Å². The fourth-order valence-corrected chi connectivity index (χ4v) is 3.64. The van der Waals surface area contributed by atoms with Gasteiger partial charge in [0.05, 0.1) is 7.11 Å². The Bertz CT molecular complexity index is 1310. The first-order valence-corrected chi connectivity index (χ1v) is 10.0. The number of nitrogens with two attached hydrogens (primary N) is 1. The molecule has 0 amide bonds. The highest BCUT2D eigenvalue weighted by Gasteiger charge is 2.27. The summed E-state index contributed by atoms with van der Waals surface area (Å²) in [6, 6.07) is 8.02. The van der Waals surface area contributed by atoms with Crippen molar-refractivity contribution < 1.29 is 29.3 Å². The van der Waals surface area contributed by atoms with Crippen molar-refractivity contribution in [2.75, 3.05) is 12.8 Å². The van der Waals surface area contributed by atoms with Gasteiger partial charge in [0, 0.05) is 16.1 Å². The summed E-state index contributed by atoms with van der Waals surface area (Å²) >= 11 is 6.20. The van der Waals surface area contributed by atoms with Crippen molar-refractivity contribution in [2.24, 2.45) is 0 Å². The summed E-state index contributed by atoms with van der Waals surface area (Å²) in [6.45, 7) is 3.71. The Labute approximate surface area is 193 Å². The molecule has 3 rings (SSSR count). The van der Waals surface area contributed by atoms with Crippen LogP contribution in [-0.4, -0.2) is 34.2 Å². The molecule has 0 spiro atoms. The second kappa shape index (κ2) is 9.25. The van der Waals surface area contributed by atoms with Gasteiger partial charge in [-0.25, -0.2) is 9.59 Å². The molecule has 0 aliphatic rings. The molecule has 0 radical (unpaired) electrons. The highest BCUT2D eigenvalue weighted by Crippen LogP contribution is 2.33. The number of ether oxygens (including phenoxy) is 2. The number of hydrogen-bond donors (Lipinski definition) is 4. The summed E-state index contributed by atoms with van der Waals surface area (Å²) < 4.78 is 11.2. The molecule has 1 aromatic heterocycles. The summed E-state index contributed by atoms with van der Waals surface area (Å²) in [5.41, 5.74) is 5.46. The van der Waals surface area contributed by atoms with Gasteiger partial charge in [-0.15, -0.1) is 0 Å². The summed E-state index contributed by atoms with van der Waals surface area (Å²) in [5, 5.41) is 19.9. The molecule has 10 heteroatoms. The number of H-pyrrole nitrogens is 1. The molecule has 0 aliphatic heterocycles. The van der Waals surface area contributed by atoms with Crippen LogP contribution in [0.3, 0.4) is 0 Å². The van der Waals surface area contributed by atoms with Crippen LogP contribution in [0, 0.1) is 13.8 Å². The molecule has 0 atom stereocenters. The SMILES string of the molecule is COc1ccc(-c2c(C(=O)O)c(N)[nH]c(=O)c2C(=O)O)cc1COc1cc(C)c(Cl)c(C)c1. The number of nitrogens with one attached hydrogen (secondary N) is 1. The second-order valence-electron chi connectivity index (χ2n) is 7.29. The number of hydrogen-bond acceptors (Lipinski definition) is 6. The number of aromatic amines is 1. The first-order chi connectivity index (χ1) is 15.5. The van der Waals surface area contributed by atoms with Gasteiger partial charge in [0.15, 0.2) is 0 Å². The number of pyridine rings is 1. The molecule has 0 saturated carbocycles. The lowest BCUT2D eigenvalue weighted by molar-refractivity contribution is 0.0695. The number of aromatic carboxylic acids is 2. The Morgan fingerprint density at radius 2 is 1.67 bits per heavy atom. The van der Waals surface area contributed by atoms with E-state index in [9.17, 15) is 24.6 Å². The number of carbonyl (C=O) groups is 2. The van der Waals surface area contributed by atoms with E-state index >= 15 is 0 Å². The third-order valence-corrected chi connectivity index (χ3v) is 5.64. The normalized spacial score (nSPS) is 10.7. The number of anilines is 1. The number of aryl methyl sites for hydroxylation is 2. The van der Waals surface area contributed by atoms with Crippen LogP contribution >= 0.6 is 11.6 Å². The zero-order chi connectivity index (χ0) is 24.4. The third-order valence-electron chi connectivity index (χ3n) is 5.05. The lowest BCUT2D eigenvalue weighted by atomic mass is 9.94. The molecule has 33 heavy (non-hydrogen) atoms. The average molecular weight is 473 g/mol. The molecule has 3 aromatic rings. The third kappa shape index (κ3) is 4.63. The minimum atomic E-state index is -1.59. The lowest BCUT2D eigenvalue weighted by Crippen LogP contribution is -2.24. The molecule has 5 N–H and O–H groups in total. The summed E-state index contributed by atoms with van der Waals surface area (Å²) in [5.74, 6) is -2.54. The second-order valence-corrected chi connectivity index (χ2v) is 7.67. The monoisotopic (exact) mass is 472 g/mol. The van der Waals surface area contributed by atoms with Crippen LogP contribution in [-0.2, 0) is 6.61 Å². The van der Waals surface area contributed by atoms with E-state index in [1.165, 1.54) is 25.3 Å². The molecule has 0 bridgehead atoms. The van der Waals surface area contributed by atoms with Crippen LogP contribution in [0.2, 0.25) is 5.02 Å². The maximum Gasteiger partial charge on any atom is 0.342 e. The first-order valence-electron chi connectivity index (χ1n) is 9.64. The Balaban J connectivity index is 2.14. The van der Waals surface area contributed by atoms with Gasteiger partial charge in [-0.1, -0.05) is 17.7 Å². The van der Waals surface area contributed by atoms with Gasteiger partial charge < -0.3 is 30.4 Å². The van der Waals surface area contributed by atoms with E-state index in [0.29, 0.717) is 22.1 Å². The molecule has 9 nitrogen and oxygen atoms in total. The molecule has 0 fully saturated rings. The number of rotatable bonds is 7. The van der Waals surface area contributed by atoms with Crippen molar-refractivity contribution in [2.45, 2.75) is 20.5 Å². The zero-order valence-corrected chi connectivity index (χ0v) is 18.7. The summed E-state index contributed by atoms with van der Waals surface area (Å²) in [7, 11) is 1.45. The maximum absolute atomic E-state index is 12.3. The Kier molecular flexibility index (Phi) is 6.64. The Morgan fingerprint density at radius 1 is 1.06 bits per heavy atom. The van der Waals surface area contributed by atoms with Crippen molar-refractivity contribution in [3.63, 3.8) is 0 Å². The van der Waals surface area contributed by atoms with Crippen LogP contribution < -0.4 is 20.8 Å². The fraction of sp³-hybridized carbons (Fsp3) is 0.174. The van der Waals surface area contributed by atoms with E-state index in [0.717, 1.165) is 11.1 Å². The number of carboxylic acids is 2. The highest BCUT2D eigenvalue weighted by atomic mass is 35.5. The molecular weight excluding hydrogens is 452 g/mol. The smallest absolute Gasteiger partial charge is 0.342 e. The maximum atomic E-state index is 12.3. The van der Waals surface area contributed by atoms with E-state index in [1.807, 2.05) is 13.8 Å². The van der Waals surface area contributed by atoms with Gasteiger partial charge in [-0.2, -0.15) is 0 Å². The highest BCUT2D eigenvalue weighted by molar-refractivity contribution is 6.32. The molecule has 0 saturated heterocycles. The number of methoxy groups -OCH3 is 1. The largest absolute Gasteiger partial charge is 0.496 e. The molecule has 2 aromatic carbocycles. The van der Waals surface area contributed by atoms with E-state index in [-0.39, 0.29) is 17.7 Å². The van der Waals surface area contributed by atoms with Crippen LogP contribution in [0.1, 0.15) is 37.4 Å². The van der Waals surface area contributed by atoms with E-state index < -0.39 is 34.4 Å². The van der Waals surface area contributed by atoms with E-state index in [4.69, 9.17) is 26.8 Å². The van der Waals surface area contributed by atoms with E-state index in [2.05, 4.69) is 4.98 Å². The average Bonchev–Trinajstić information content (AvgIpc) is 2.74. The van der Waals surface area contributed by atoms with Gasteiger partial charge in [0.25, 0.3) is 5.56 Å². The van der Waals surface area contributed by atoms with Gasteiger partial charge in [0.1, 0.15) is 35.1 Å². The predicted molar refractivity (Wildman–Crippen MR) is 123 cm³/mol. The van der Waals surface area contributed by atoms with Crippen molar-refractivity contribution in [3.05, 3.63) is 73.5 Å². The predicted octanol–water partition coefficient (Wildman–Crippen LogP) is 3.88. The number of nitrogen functional groups attached to an aromatic ring is 1. The number of benzene rings is 2. The minimum Gasteiger partial charge on any atom is -0.496 e. The van der Waals surface area contributed by atoms with Gasteiger partial charge >= 0.3 is 11.9 Å². The molecule has 0 aliphatic carbocycles. The Morgan fingerprint density at radius 3 is 2.21 bits per heavy atom. The minimum absolute atomic E-state index is 0.0149. The Hall–Kier alpha value is -3.98. The van der Waals surface area contributed by atoms with Crippen molar-refractivity contribution in [1.82, 2.24) is 4.98 Å². The van der Waals surface area contributed by atoms with Crippen LogP contribution in [0.15, 0.2) is 35.1 Å². The number of carboxylic acid groups (broad SMARTS) is 2. The van der Waals surface area contributed by atoms with Gasteiger partial charge in [-0.3, -0.25) is 4.79 Å². The molecule has 0 unspecified atom stereocenters. The van der Waals surface area contributed by atoms with E-state index in [1.54, 1.807) is 12.1 Å². The number of aromatic nitrogens is 1. The molecule has 1 heterocycles. The molecular formula is C23H21ClN2O7. The topological polar surface area (TPSA) is 152 Å². The quantitative estimate of drug-likeness (QED) is 0.404. The summed E-state index contributed by atoms with van der Waals surface area (Å²) in [6.07, 6.45) is 0. The van der Waals surface area contributed by atoms with Crippen molar-refractivity contribution in [1.29, 1.82) is 0 Å². The first kappa shape index (κ1) is 23.7. The fourth-order valence-electron chi connectivity index (χ4n) is 3.53. The van der Waals surface area contributed by atoms with Crippen molar-refractivity contribution >= 4 is 29.4 Å². The standard InChI is InChI=1S/C23H21ClN2O7/c1-10-6-14(7-11(2)19(10)24)33-9-13-8-12(4-5-15(13)32-3)16-17(22(28)29)20(25)26-21(27)18(16)23(30)31/h4-8H,9H2,1-3H3,(H,28,29)(H,30,31)(H3,25,26,27). The van der Waals surface area contributed by atoms with Gasteiger partial charge in [-0.05, 0) is 54.8 Å². The number of halogens is 1. The van der Waals surface area contributed by atoms with Crippen LogP contribution in [0.4, 0.5) is 5.82 Å². The van der Waals surface area contributed by atoms with Crippen molar-refractivity contribution in [3.8, 4) is 22.6 Å². The van der Waals surface area contributed by atoms with Gasteiger partial charge in [0.2, 0.25) is 0 Å². The molecule has 172 valence electrons. The van der Waals surface area contributed by atoms with Crippen LogP contribution in [0.25, 0.3) is 11.1 Å².